The fourth-order valence-corrected chi connectivity index (χ4v) is 5.69. The minimum absolute atomic E-state index is 0.569. The maximum Gasteiger partial charge on any atom is 0.0560 e. The van der Waals surface area contributed by atoms with Crippen molar-refractivity contribution in [1.82, 2.24) is 0 Å². The van der Waals surface area contributed by atoms with Crippen molar-refractivity contribution in [1.29, 1.82) is 0 Å². The maximum atomic E-state index is 5.95. The van der Waals surface area contributed by atoms with Gasteiger partial charge in [-0.15, -0.1) is 0 Å². The highest BCUT2D eigenvalue weighted by molar-refractivity contribution is 8.04. The molecule has 0 saturated carbocycles. The molecular weight excluding hydrogens is 360 g/mol. The fourth-order valence-electron chi connectivity index (χ4n) is 4.50. The standard InChI is InChI=1S/C25H26N2S/c26-17-18-6-5-7-21(16-18)27-24-10-3-1-8-22(24)19-12-14-20(15-13-19)23-9-2-4-11-25(23)28-27/h3-7,10-12,14,16H,1-2,8-9,13,15,17,26H2. The van der Waals surface area contributed by atoms with E-state index in [1.165, 1.54) is 50.6 Å². The molecule has 1 aromatic rings. The second-order valence-electron chi connectivity index (χ2n) is 7.73. The highest BCUT2D eigenvalue weighted by Crippen LogP contribution is 2.46. The Bertz CT molecular complexity index is 988. The van der Waals surface area contributed by atoms with Gasteiger partial charge < -0.3 is 5.73 Å². The maximum absolute atomic E-state index is 5.95. The molecule has 0 fully saturated rings. The lowest BCUT2D eigenvalue weighted by Gasteiger charge is -2.34. The Morgan fingerprint density at radius 1 is 0.893 bits per heavy atom. The van der Waals surface area contributed by atoms with Crippen molar-refractivity contribution in [3.05, 3.63) is 99.2 Å². The molecule has 5 aliphatic rings. The van der Waals surface area contributed by atoms with E-state index in [9.17, 15) is 0 Å². The van der Waals surface area contributed by atoms with Gasteiger partial charge in [0.15, 0.2) is 0 Å². The molecule has 0 amide bonds. The summed E-state index contributed by atoms with van der Waals surface area (Å²) >= 11 is 1.88. The molecule has 6 rings (SSSR count). The molecule has 0 saturated heterocycles. The lowest BCUT2D eigenvalue weighted by molar-refractivity contribution is 0.839. The van der Waals surface area contributed by atoms with Gasteiger partial charge in [0.05, 0.1) is 11.4 Å². The van der Waals surface area contributed by atoms with Crippen LogP contribution in [0.2, 0.25) is 0 Å². The second kappa shape index (κ2) is 7.65. The predicted octanol–water partition coefficient (Wildman–Crippen LogP) is 6.47. The number of fused-ring (bicyclic) bond motifs is 3. The number of rotatable bonds is 2. The lowest BCUT2D eigenvalue weighted by Crippen LogP contribution is -2.20. The summed E-state index contributed by atoms with van der Waals surface area (Å²) in [5.74, 6) is 0. The molecule has 1 aromatic carbocycles. The van der Waals surface area contributed by atoms with E-state index in [-0.39, 0.29) is 0 Å². The van der Waals surface area contributed by atoms with Gasteiger partial charge in [-0.2, -0.15) is 0 Å². The largest absolute Gasteiger partial charge is 0.326 e. The van der Waals surface area contributed by atoms with Crippen molar-refractivity contribution in [3.8, 4) is 0 Å². The molecule has 2 nitrogen and oxygen atoms in total. The molecule has 2 heterocycles. The normalized spacial score (nSPS) is 21.4. The Hall–Kier alpha value is -2.23. The fraction of sp³-hybridized carbons (Fsp3) is 0.280. The minimum Gasteiger partial charge on any atom is -0.326 e. The van der Waals surface area contributed by atoms with E-state index in [2.05, 4.69) is 65.0 Å². The van der Waals surface area contributed by atoms with Crippen LogP contribution in [0.15, 0.2) is 93.6 Å². The van der Waals surface area contributed by atoms with E-state index >= 15 is 0 Å². The average molecular weight is 387 g/mol. The van der Waals surface area contributed by atoms with Gasteiger partial charge in [0, 0.05) is 11.4 Å². The van der Waals surface area contributed by atoms with Gasteiger partial charge >= 0.3 is 0 Å². The van der Waals surface area contributed by atoms with E-state index in [0.29, 0.717) is 6.54 Å². The Labute approximate surface area is 172 Å². The van der Waals surface area contributed by atoms with Crippen LogP contribution in [-0.4, -0.2) is 0 Å². The quantitative estimate of drug-likeness (QED) is 0.591. The van der Waals surface area contributed by atoms with Crippen LogP contribution in [0.25, 0.3) is 0 Å². The third-order valence-corrected chi connectivity index (χ3v) is 7.16. The number of anilines is 1. The zero-order valence-corrected chi connectivity index (χ0v) is 17.0. The average Bonchev–Trinajstić information content (AvgIpc) is 2.78. The zero-order chi connectivity index (χ0) is 18.9. The summed E-state index contributed by atoms with van der Waals surface area (Å²) in [4.78, 5) is 1.39. The molecular formula is C25H26N2S. The summed E-state index contributed by atoms with van der Waals surface area (Å²) in [5, 5.41) is 0. The molecule has 0 radical (unpaired) electrons. The zero-order valence-electron chi connectivity index (χ0n) is 16.2. The predicted molar refractivity (Wildman–Crippen MR) is 121 cm³/mol. The Kier molecular flexibility index (Phi) is 4.87. The minimum atomic E-state index is 0.569. The summed E-state index contributed by atoms with van der Waals surface area (Å²) in [6.45, 7) is 0.569. The van der Waals surface area contributed by atoms with E-state index in [1.54, 1.807) is 0 Å². The topological polar surface area (TPSA) is 29.3 Å². The van der Waals surface area contributed by atoms with Crippen molar-refractivity contribution >= 4 is 17.6 Å². The van der Waals surface area contributed by atoms with E-state index in [1.807, 2.05) is 11.9 Å². The van der Waals surface area contributed by atoms with Gasteiger partial charge in [-0.05, 0) is 96.5 Å². The Morgan fingerprint density at radius 2 is 1.64 bits per heavy atom. The van der Waals surface area contributed by atoms with Crippen molar-refractivity contribution in [2.75, 3.05) is 4.31 Å². The van der Waals surface area contributed by atoms with Gasteiger partial charge in [0.25, 0.3) is 0 Å². The molecule has 2 aliphatic heterocycles. The van der Waals surface area contributed by atoms with Crippen LogP contribution < -0.4 is 10.0 Å². The monoisotopic (exact) mass is 386 g/mol. The summed E-state index contributed by atoms with van der Waals surface area (Å²) in [6, 6.07) is 8.69. The van der Waals surface area contributed by atoms with E-state index in [4.69, 9.17) is 5.73 Å². The number of hydrogen-bond acceptors (Lipinski definition) is 3. The number of nitrogens with zero attached hydrogens (tertiary/aromatic N) is 1. The van der Waals surface area contributed by atoms with Gasteiger partial charge in [-0.1, -0.05) is 42.5 Å². The summed E-state index contributed by atoms with van der Waals surface area (Å²) in [7, 11) is 0. The first-order chi connectivity index (χ1) is 13.8. The molecule has 0 unspecified atom stereocenters. The summed E-state index contributed by atoms with van der Waals surface area (Å²) in [6.07, 6.45) is 20.9. The van der Waals surface area contributed by atoms with Crippen molar-refractivity contribution in [3.63, 3.8) is 0 Å². The third-order valence-electron chi connectivity index (χ3n) is 5.99. The third kappa shape index (κ3) is 3.23. The van der Waals surface area contributed by atoms with Gasteiger partial charge in [0.2, 0.25) is 0 Å². The first-order valence-corrected chi connectivity index (χ1v) is 11.1. The number of nitrogens with two attached hydrogens (primary N) is 1. The SMILES string of the molecule is NCc1cccc(N2SC3=C(CCC=C3)C3=CC=C(CC3)C3=C2C=CCC3)c1. The van der Waals surface area contributed by atoms with E-state index < -0.39 is 0 Å². The van der Waals surface area contributed by atoms with Gasteiger partial charge in [-0.25, -0.2) is 0 Å². The van der Waals surface area contributed by atoms with Crippen LogP contribution in [0, 0.1) is 0 Å². The molecule has 142 valence electrons. The van der Waals surface area contributed by atoms with Crippen molar-refractivity contribution in [2.45, 2.75) is 45.1 Å². The van der Waals surface area contributed by atoms with Crippen molar-refractivity contribution in [2.24, 2.45) is 5.73 Å². The van der Waals surface area contributed by atoms with Crippen LogP contribution in [-0.2, 0) is 6.54 Å². The molecule has 0 atom stereocenters. The number of hydrogen-bond donors (Lipinski definition) is 1. The number of allylic oxidation sites excluding steroid dienone is 10. The van der Waals surface area contributed by atoms with E-state index in [0.717, 1.165) is 32.1 Å². The van der Waals surface area contributed by atoms with Gasteiger partial charge in [0.1, 0.15) is 0 Å². The van der Waals surface area contributed by atoms with Crippen LogP contribution in [0.5, 0.6) is 0 Å². The second-order valence-corrected chi connectivity index (χ2v) is 8.72. The van der Waals surface area contributed by atoms with Crippen LogP contribution in [0.4, 0.5) is 5.69 Å². The Balaban J connectivity index is 1.71. The first-order valence-electron chi connectivity index (χ1n) is 10.3. The summed E-state index contributed by atoms with van der Waals surface area (Å²) in [5.41, 5.74) is 15.8. The first kappa shape index (κ1) is 17.8. The summed E-state index contributed by atoms with van der Waals surface area (Å²) < 4.78 is 2.44. The van der Waals surface area contributed by atoms with Crippen molar-refractivity contribution < 1.29 is 0 Å². The highest BCUT2D eigenvalue weighted by Gasteiger charge is 2.26. The highest BCUT2D eigenvalue weighted by atomic mass is 32.2. The van der Waals surface area contributed by atoms with Gasteiger partial charge in [-0.3, -0.25) is 4.31 Å². The molecule has 3 aliphatic carbocycles. The molecule has 28 heavy (non-hydrogen) atoms. The molecule has 3 heteroatoms. The smallest absolute Gasteiger partial charge is 0.0560 e. The van der Waals surface area contributed by atoms with Crippen LogP contribution in [0.3, 0.4) is 0 Å². The van der Waals surface area contributed by atoms with Crippen LogP contribution in [0.1, 0.15) is 44.1 Å². The lowest BCUT2D eigenvalue weighted by atomic mass is 9.84. The number of benzene rings is 1. The Morgan fingerprint density at radius 3 is 2.43 bits per heavy atom. The van der Waals surface area contributed by atoms with Crippen LogP contribution >= 0.6 is 11.9 Å². The molecule has 0 aromatic heterocycles. The molecule has 2 bridgehead atoms. The molecule has 2 N–H and O–H groups in total. The molecule has 0 spiro atoms.